The van der Waals surface area contributed by atoms with Crippen molar-refractivity contribution in [2.75, 3.05) is 0 Å². The molecular formula is C20H13ClFNO4S2. The van der Waals surface area contributed by atoms with Crippen LogP contribution >= 0.6 is 23.4 Å². The van der Waals surface area contributed by atoms with E-state index in [9.17, 15) is 12.8 Å². The van der Waals surface area contributed by atoms with Crippen LogP contribution in [0.5, 0.6) is 0 Å². The Kier molecular flexibility index (Phi) is 5.49. The van der Waals surface area contributed by atoms with Gasteiger partial charge in [0.2, 0.25) is 20.0 Å². The van der Waals surface area contributed by atoms with E-state index in [0.29, 0.717) is 16.5 Å². The van der Waals surface area contributed by atoms with Crippen molar-refractivity contribution in [2.45, 2.75) is 20.8 Å². The standard InChI is InChI=1S/C20H13ClFNO4S2/c21-14-5-9-16(10-6-14)29(24,25)19-20(27-18(23-19)17-2-1-11-26-17)28-12-13-3-7-15(22)8-4-13/h1-11H,12H2. The van der Waals surface area contributed by atoms with E-state index in [4.69, 9.17) is 20.4 Å². The summed E-state index contributed by atoms with van der Waals surface area (Å²) in [4.78, 5) is 4.23. The smallest absolute Gasteiger partial charge is 0.265 e. The highest BCUT2D eigenvalue weighted by Gasteiger charge is 2.29. The first-order valence-corrected chi connectivity index (χ1v) is 11.2. The van der Waals surface area contributed by atoms with Gasteiger partial charge in [0.05, 0.1) is 11.2 Å². The zero-order chi connectivity index (χ0) is 20.4. The molecule has 0 aliphatic carbocycles. The maximum absolute atomic E-state index is 13.1. The summed E-state index contributed by atoms with van der Waals surface area (Å²) < 4.78 is 50.4. The monoisotopic (exact) mass is 449 g/mol. The number of nitrogens with zero attached hydrogens (tertiary/aromatic N) is 1. The Morgan fingerprint density at radius 3 is 2.41 bits per heavy atom. The first kappa shape index (κ1) is 19.8. The minimum absolute atomic E-state index is 0.0461. The molecule has 0 saturated carbocycles. The molecule has 0 spiro atoms. The molecule has 9 heteroatoms. The van der Waals surface area contributed by atoms with E-state index in [0.717, 1.165) is 17.3 Å². The second kappa shape index (κ2) is 8.06. The van der Waals surface area contributed by atoms with Gasteiger partial charge in [-0.15, -0.1) is 0 Å². The average Bonchev–Trinajstić information content (AvgIpc) is 3.38. The second-order valence-electron chi connectivity index (χ2n) is 5.96. The van der Waals surface area contributed by atoms with Gasteiger partial charge in [-0.2, -0.15) is 4.98 Å². The fraction of sp³-hybridized carbons (Fsp3) is 0.0500. The Balaban J connectivity index is 1.73. The van der Waals surface area contributed by atoms with Gasteiger partial charge in [-0.3, -0.25) is 0 Å². The summed E-state index contributed by atoms with van der Waals surface area (Å²) in [5.74, 6) is 0.399. The lowest BCUT2D eigenvalue weighted by Gasteiger charge is -2.04. The van der Waals surface area contributed by atoms with Crippen molar-refractivity contribution in [1.29, 1.82) is 0 Å². The lowest BCUT2D eigenvalue weighted by atomic mass is 10.2. The zero-order valence-electron chi connectivity index (χ0n) is 14.7. The van der Waals surface area contributed by atoms with Gasteiger partial charge in [0, 0.05) is 10.8 Å². The maximum atomic E-state index is 13.1. The Hall–Kier alpha value is -2.55. The molecule has 0 radical (unpaired) electrons. The summed E-state index contributed by atoms with van der Waals surface area (Å²) in [5.41, 5.74) is 0.808. The van der Waals surface area contributed by atoms with E-state index in [1.54, 1.807) is 24.3 Å². The molecule has 0 bridgehead atoms. The second-order valence-corrected chi connectivity index (χ2v) is 9.21. The Bertz CT molecular complexity index is 1220. The van der Waals surface area contributed by atoms with Gasteiger partial charge in [-0.1, -0.05) is 35.5 Å². The summed E-state index contributed by atoms with van der Waals surface area (Å²) >= 11 is 7.02. The number of halogens is 2. The maximum Gasteiger partial charge on any atom is 0.265 e. The Morgan fingerprint density at radius 1 is 1.03 bits per heavy atom. The highest BCUT2D eigenvalue weighted by molar-refractivity contribution is 7.99. The molecule has 4 rings (SSSR count). The minimum Gasteiger partial charge on any atom is -0.459 e. The van der Waals surface area contributed by atoms with E-state index >= 15 is 0 Å². The molecule has 0 fully saturated rings. The van der Waals surface area contributed by atoms with Crippen LogP contribution in [-0.4, -0.2) is 13.4 Å². The SMILES string of the molecule is O=S(=O)(c1ccc(Cl)cc1)c1nc(-c2ccco2)oc1SCc1ccc(F)cc1. The van der Waals surface area contributed by atoms with Crippen LogP contribution in [0.2, 0.25) is 5.02 Å². The van der Waals surface area contributed by atoms with Crippen LogP contribution in [0.4, 0.5) is 4.39 Å². The molecular weight excluding hydrogens is 437 g/mol. The quantitative estimate of drug-likeness (QED) is 0.344. The molecule has 0 aliphatic rings. The van der Waals surface area contributed by atoms with Crippen molar-refractivity contribution < 1.29 is 21.6 Å². The Morgan fingerprint density at radius 2 is 1.76 bits per heavy atom. The molecule has 2 heterocycles. The third kappa shape index (κ3) is 4.24. The number of aromatic nitrogens is 1. The molecule has 0 amide bonds. The highest BCUT2D eigenvalue weighted by Crippen LogP contribution is 2.36. The van der Waals surface area contributed by atoms with Gasteiger partial charge in [0.1, 0.15) is 5.82 Å². The van der Waals surface area contributed by atoms with E-state index in [2.05, 4.69) is 4.98 Å². The van der Waals surface area contributed by atoms with E-state index in [-0.39, 0.29) is 26.7 Å². The zero-order valence-corrected chi connectivity index (χ0v) is 17.1. The van der Waals surface area contributed by atoms with Crippen LogP contribution in [0.1, 0.15) is 5.56 Å². The predicted molar refractivity (Wildman–Crippen MR) is 107 cm³/mol. The molecule has 4 aromatic rings. The van der Waals surface area contributed by atoms with Crippen molar-refractivity contribution in [1.82, 2.24) is 4.98 Å². The van der Waals surface area contributed by atoms with E-state index in [1.165, 1.54) is 42.7 Å². The van der Waals surface area contributed by atoms with Gasteiger partial charge >= 0.3 is 0 Å². The van der Waals surface area contributed by atoms with Gasteiger partial charge in [-0.25, -0.2) is 12.8 Å². The van der Waals surface area contributed by atoms with E-state index < -0.39 is 9.84 Å². The van der Waals surface area contributed by atoms with Gasteiger partial charge in [0.15, 0.2) is 5.76 Å². The fourth-order valence-corrected chi connectivity index (χ4v) is 5.12. The summed E-state index contributed by atoms with van der Waals surface area (Å²) in [6.07, 6.45) is 1.44. The highest BCUT2D eigenvalue weighted by atomic mass is 35.5. The molecule has 0 unspecified atom stereocenters. The number of rotatable bonds is 6. The predicted octanol–water partition coefficient (Wildman–Crippen LogP) is 5.85. The molecule has 2 aromatic carbocycles. The number of thioether (sulfide) groups is 1. The van der Waals surface area contributed by atoms with Crippen LogP contribution in [0.3, 0.4) is 0 Å². The molecule has 0 N–H and O–H groups in total. The summed E-state index contributed by atoms with van der Waals surface area (Å²) in [6.45, 7) is 0. The molecule has 2 aromatic heterocycles. The summed E-state index contributed by atoms with van der Waals surface area (Å²) in [7, 11) is -3.95. The largest absolute Gasteiger partial charge is 0.459 e. The first-order valence-electron chi connectivity index (χ1n) is 8.36. The normalized spacial score (nSPS) is 11.7. The number of oxazole rings is 1. The van der Waals surface area contributed by atoms with Crippen molar-refractivity contribution in [3.63, 3.8) is 0 Å². The lowest BCUT2D eigenvalue weighted by Crippen LogP contribution is -2.03. The van der Waals surface area contributed by atoms with Gasteiger partial charge in [-0.05, 0) is 54.1 Å². The van der Waals surface area contributed by atoms with Crippen molar-refractivity contribution in [3.05, 3.63) is 83.3 Å². The molecule has 0 aliphatic heterocycles. The Labute approximate surface area is 175 Å². The number of benzene rings is 2. The van der Waals surface area contributed by atoms with Crippen LogP contribution in [0.15, 0.2) is 90.8 Å². The van der Waals surface area contributed by atoms with Crippen molar-refractivity contribution in [3.8, 4) is 11.7 Å². The number of furan rings is 1. The minimum atomic E-state index is -3.95. The van der Waals surface area contributed by atoms with Crippen LogP contribution in [-0.2, 0) is 15.6 Å². The van der Waals surface area contributed by atoms with Crippen molar-refractivity contribution in [2.24, 2.45) is 0 Å². The summed E-state index contributed by atoms with van der Waals surface area (Å²) in [6, 6.07) is 15.0. The number of sulfone groups is 1. The summed E-state index contributed by atoms with van der Waals surface area (Å²) in [5, 5.41) is 0.334. The average molecular weight is 450 g/mol. The molecule has 148 valence electrons. The third-order valence-corrected chi connectivity index (χ3v) is 7.04. The topological polar surface area (TPSA) is 73.3 Å². The fourth-order valence-electron chi connectivity index (χ4n) is 2.51. The number of hydrogen-bond donors (Lipinski definition) is 0. The van der Waals surface area contributed by atoms with Crippen LogP contribution in [0.25, 0.3) is 11.7 Å². The van der Waals surface area contributed by atoms with Crippen molar-refractivity contribution >= 4 is 33.2 Å². The lowest BCUT2D eigenvalue weighted by molar-refractivity contribution is 0.451. The molecule has 0 saturated heterocycles. The molecule has 29 heavy (non-hydrogen) atoms. The van der Waals surface area contributed by atoms with Crippen LogP contribution in [0, 0.1) is 5.82 Å². The first-order chi connectivity index (χ1) is 13.9. The molecule has 0 atom stereocenters. The van der Waals surface area contributed by atoms with Gasteiger partial charge < -0.3 is 8.83 Å². The van der Waals surface area contributed by atoms with Crippen LogP contribution < -0.4 is 0 Å². The molecule has 5 nitrogen and oxygen atoms in total. The van der Waals surface area contributed by atoms with E-state index in [1.807, 2.05) is 0 Å². The number of hydrogen-bond acceptors (Lipinski definition) is 6. The third-order valence-electron chi connectivity index (χ3n) is 3.96. The van der Waals surface area contributed by atoms with Gasteiger partial charge in [0.25, 0.3) is 5.89 Å².